The maximum absolute atomic E-state index is 11.3. The third kappa shape index (κ3) is 5.22. The molecule has 0 aliphatic carbocycles. The van der Waals surface area contributed by atoms with Gasteiger partial charge in [0.25, 0.3) is 0 Å². The maximum atomic E-state index is 11.3. The maximum Gasteiger partial charge on any atom is 0.337 e. The number of benzene rings is 2. The zero-order chi connectivity index (χ0) is 15.8. The van der Waals surface area contributed by atoms with Crippen LogP contribution in [-0.4, -0.2) is 26.2 Å². The van der Waals surface area contributed by atoms with Gasteiger partial charge in [0.2, 0.25) is 0 Å². The van der Waals surface area contributed by atoms with E-state index in [9.17, 15) is 4.79 Å². The summed E-state index contributed by atoms with van der Waals surface area (Å²) in [5, 5.41) is 3.35. The molecule has 22 heavy (non-hydrogen) atoms. The molecule has 0 radical (unpaired) electrons. The monoisotopic (exact) mass is 411 g/mol. The third-order valence-corrected chi connectivity index (χ3v) is 3.76. The van der Waals surface area contributed by atoms with E-state index in [1.807, 2.05) is 0 Å². The van der Waals surface area contributed by atoms with E-state index in [4.69, 9.17) is 4.74 Å². The second kappa shape index (κ2) is 8.63. The first-order valence-corrected chi connectivity index (χ1v) is 8.07. The molecule has 0 aliphatic heterocycles. The van der Waals surface area contributed by atoms with Gasteiger partial charge in [-0.05, 0) is 77.5 Å². The number of hydrogen-bond donors (Lipinski definition) is 1. The first-order chi connectivity index (χ1) is 10.7. The van der Waals surface area contributed by atoms with Gasteiger partial charge in [0, 0.05) is 15.8 Å². The first kappa shape index (κ1) is 16.6. The number of anilines is 1. The molecule has 0 atom stereocenters. The SMILES string of the molecule is COC(=O)c1ccc(OCCCNc2ccc(I)cc2)cc1. The predicted molar refractivity (Wildman–Crippen MR) is 95.5 cm³/mol. The van der Waals surface area contributed by atoms with Crippen molar-refractivity contribution in [1.29, 1.82) is 0 Å². The van der Waals surface area contributed by atoms with Crippen molar-refractivity contribution in [1.82, 2.24) is 0 Å². The Labute approximate surface area is 144 Å². The van der Waals surface area contributed by atoms with E-state index < -0.39 is 0 Å². The molecular formula is C17H18INO3. The van der Waals surface area contributed by atoms with Gasteiger partial charge in [-0.2, -0.15) is 0 Å². The Morgan fingerprint density at radius 1 is 1.09 bits per heavy atom. The van der Waals surface area contributed by atoms with Crippen molar-refractivity contribution in [2.24, 2.45) is 0 Å². The number of esters is 1. The molecule has 0 saturated heterocycles. The number of methoxy groups -OCH3 is 1. The summed E-state index contributed by atoms with van der Waals surface area (Å²) in [7, 11) is 1.37. The van der Waals surface area contributed by atoms with Crippen molar-refractivity contribution in [3.8, 4) is 5.75 Å². The van der Waals surface area contributed by atoms with Gasteiger partial charge in [0.05, 0.1) is 19.3 Å². The van der Waals surface area contributed by atoms with Gasteiger partial charge < -0.3 is 14.8 Å². The van der Waals surface area contributed by atoms with E-state index in [1.165, 1.54) is 10.7 Å². The fraction of sp³-hybridized carbons (Fsp3) is 0.235. The minimum absolute atomic E-state index is 0.340. The Bertz CT molecular complexity index is 596. The molecule has 0 fully saturated rings. The van der Waals surface area contributed by atoms with Crippen LogP contribution >= 0.6 is 22.6 Å². The van der Waals surface area contributed by atoms with Gasteiger partial charge in [-0.1, -0.05) is 0 Å². The van der Waals surface area contributed by atoms with E-state index in [0.717, 1.165) is 24.4 Å². The molecule has 0 unspecified atom stereocenters. The average Bonchev–Trinajstić information content (AvgIpc) is 2.56. The van der Waals surface area contributed by atoms with E-state index in [2.05, 4.69) is 56.9 Å². The number of nitrogens with one attached hydrogen (secondary N) is 1. The molecule has 2 aromatic carbocycles. The van der Waals surface area contributed by atoms with E-state index >= 15 is 0 Å². The lowest BCUT2D eigenvalue weighted by atomic mass is 10.2. The van der Waals surface area contributed by atoms with E-state index in [-0.39, 0.29) is 5.97 Å². The summed E-state index contributed by atoms with van der Waals surface area (Å²) in [5.41, 5.74) is 1.64. The van der Waals surface area contributed by atoms with Crippen molar-refractivity contribution in [3.05, 3.63) is 57.7 Å². The molecule has 0 bridgehead atoms. The van der Waals surface area contributed by atoms with Gasteiger partial charge in [-0.25, -0.2) is 4.79 Å². The van der Waals surface area contributed by atoms with Gasteiger partial charge in [0.1, 0.15) is 5.75 Å². The van der Waals surface area contributed by atoms with Crippen LogP contribution in [0.5, 0.6) is 5.75 Å². The van der Waals surface area contributed by atoms with Crippen molar-refractivity contribution in [2.75, 3.05) is 25.6 Å². The summed E-state index contributed by atoms with van der Waals surface area (Å²) in [4.78, 5) is 11.3. The number of carbonyl (C=O) groups is 1. The van der Waals surface area contributed by atoms with Crippen LogP contribution in [0.2, 0.25) is 0 Å². The molecule has 0 aromatic heterocycles. The number of halogens is 1. The zero-order valence-electron chi connectivity index (χ0n) is 12.3. The van der Waals surface area contributed by atoms with Crippen molar-refractivity contribution in [2.45, 2.75) is 6.42 Å². The summed E-state index contributed by atoms with van der Waals surface area (Å²) in [5.74, 6) is 0.412. The minimum Gasteiger partial charge on any atom is -0.494 e. The summed E-state index contributed by atoms with van der Waals surface area (Å²) >= 11 is 2.29. The molecule has 0 aliphatic rings. The molecule has 2 rings (SSSR count). The minimum atomic E-state index is -0.340. The van der Waals surface area contributed by atoms with E-state index in [1.54, 1.807) is 24.3 Å². The fourth-order valence-corrected chi connectivity index (χ4v) is 2.23. The summed E-state index contributed by atoms with van der Waals surface area (Å²) in [6.07, 6.45) is 0.894. The summed E-state index contributed by atoms with van der Waals surface area (Å²) < 4.78 is 11.5. The lowest BCUT2D eigenvalue weighted by Gasteiger charge is -2.08. The van der Waals surface area contributed by atoms with Crippen LogP contribution in [0.3, 0.4) is 0 Å². The van der Waals surface area contributed by atoms with Crippen LogP contribution in [0.15, 0.2) is 48.5 Å². The first-order valence-electron chi connectivity index (χ1n) is 6.99. The van der Waals surface area contributed by atoms with Crippen LogP contribution in [-0.2, 0) is 4.74 Å². The molecule has 0 spiro atoms. The molecule has 2 aromatic rings. The Morgan fingerprint density at radius 3 is 2.41 bits per heavy atom. The van der Waals surface area contributed by atoms with Crippen molar-refractivity contribution >= 4 is 34.2 Å². The molecule has 0 heterocycles. The lowest BCUT2D eigenvalue weighted by Crippen LogP contribution is -2.07. The second-order valence-electron chi connectivity index (χ2n) is 4.65. The highest BCUT2D eigenvalue weighted by Crippen LogP contribution is 2.14. The van der Waals surface area contributed by atoms with Crippen molar-refractivity contribution in [3.63, 3.8) is 0 Å². The molecule has 0 amide bonds. The fourth-order valence-electron chi connectivity index (χ4n) is 1.87. The number of carbonyl (C=O) groups excluding carboxylic acids is 1. The van der Waals surface area contributed by atoms with Gasteiger partial charge in [-0.3, -0.25) is 0 Å². The van der Waals surface area contributed by atoms with Gasteiger partial charge >= 0.3 is 5.97 Å². The topological polar surface area (TPSA) is 47.6 Å². The quantitative estimate of drug-likeness (QED) is 0.426. The average molecular weight is 411 g/mol. The third-order valence-electron chi connectivity index (χ3n) is 3.04. The largest absolute Gasteiger partial charge is 0.494 e. The van der Waals surface area contributed by atoms with Crippen LogP contribution in [0.25, 0.3) is 0 Å². The highest BCUT2D eigenvalue weighted by molar-refractivity contribution is 14.1. The molecule has 0 saturated carbocycles. The molecule has 4 nitrogen and oxygen atoms in total. The Balaban J connectivity index is 1.68. The van der Waals surface area contributed by atoms with Crippen LogP contribution in [0, 0.1) is 3.57 Å². The smallest absolute Gasteiger partial charge is 0.337 e. The van der Waals surface area contributed by atoms with Gasteiger partial charge in [-0.15, -0.1) is 0 Å². The number of rotatable bonds is 7. The van der Waals surface area contributed by atoms with Gasteiger partial charge in [0.15, 0.2) is 0 Å². The zero-order valence-corrected chi connectivity index (χ0v) is 14.5. The Morgan fingerprint density at radius 2 is 1.77 bits per heavy atom. The molecule has 1 N–H and O–H groups in total. The van der Waals surface area contributed by atoms with Crippen LogP contribution < -0.4 is 10.1 Å². The predicted octanol–water partition coefficient (Wildman–Crippen LogP) is 3.96. The number of hydrogen-bond acceptors (Lipinski definition) is 4. The normalized spacial score (nSPS) is 10.1. The molecular weight excluding hydrogens is 393 g/mol. The lowest BCUT2D eigenvalue weighted by molar-refractivity contribution is 0.0600. The molecule has 116 valence electrons. The summed E-state index contributed by atoms with van der Waals surface area (Å²) in [6, 6.07) is 15.2. The van der Waals surface area contributed by atoms with E-state index in [0.29, 0.717) is 12.2 Å². The van der Waals surface area contributed by atoms with Crippen molar-refractivity contribution < 1.29 is 14.3 Å². The molecule has 5 heteroatoms. The number of ether oxygens (including phenoxy) is 2. The highest BCUT2D eigenvalue weighted by Gasteiger charge is 2.04. The Kier molecular flexibility index (Phi) is 6.51. The van der Waals surface area contributed by atoms with Crippen LogP contribution in [0.4, 0.5) is 5.69 Å². The summed E-state index contributed by atoms with van der Waals surface area (Å²) in [6.45, 7) is 1.47. The Hall–Kier alpha value is -1.76. The van der Waals surface area contributed by atoms with Crippen LogP contribution in [0.1, 0.15) is 16.8 Å². The standard InChI is InChI=1S/C17H18INO3/c1-21-17(20)13-3-9-16(10-4-13)22-12-2-11-19-15-7-5-14(18)6-8-15/h3-10,19H,2,11-12H2,1H3. The highest BCUT2D eigenvalue weighted by atomic mass is 127. The second-order valence-corrected chi connectivity index (χ2v) is 5.90.